The summed E-state index contributed by atoms with van der Waals surface area (Å²) in [7, 11) is -3.44. The predicted octanol–water partition coefficient (Wildman–Crippen LogP) is 4.36. The average molecular weight is 565 g/mol. The zero-order chi connectivity index (χ0) is 28.5. The van der Waals surface area contributed by atoms with Crippen molar-refractivity contribution in [3.05, 3.63) is 59.2 Å². The van der Waals surface area contributed by atoms with Gasteiger partial charge in [-0.1, -0.05) is 19.9 Å². The Bertz CT molecular complexity index is 1110. The number of aromatic nitrogens is 1. The number of hydrogen-bond donors (Lipinski definition) is 2. The molecule has 3 N–H and O–H groups in total. The number of aryl methyl sites for hydroxylation is 2. The van der Waals surface area contributed by atoms with E-state index in [-0.39, 0.29) is 24.4 Å². The molecule has 2 aromatic rings. The molecule has 1 aromatic carbocycles. The topological polar surface area (TPSA) is 115 Å². The fourth-order valence-corrected chi connectivity index (χ4v) is 5.90. The summed E-state index contributed by atoms with van der Waals surface area (Å²) in [5, 5.41) is 3.44. The standard InChI is InChI=1S/C29H45FN4O4S/c1-3-13-34(39(36,37)16-9-11-29(31)35)14-7-8-15-38-28-19-25(18-27(30)20-28)10-5-6-12-32-22-26-17-24(4-2)21-33-23-26/h17-21,23,32H,3-16,22H2,1-2H3,(H2,31,35). The highest BCUT2D eigenvalue weighted by Gasteiger charge is 2.20. The predicted molar refractivity (Wildman–Crippen MR) is 153 cm³/mol. The number of carbonyl (C=O) groups is 1. The third kappa shape index (κ3) is 13.4. The first kappa shape index (κ1) is 32.7. The van der Waals surface area contributed by atoms with Crippen molar-refractivity contribution in [2.24, 2.45) is 5.73 Å². The lowest BCUT2D eigenvalue weighted by molar-refractivity contribution is -0.118. The number of primary amides is 1. The number of carbonyl (C=O) groups excluding carboxylic acids is 1. The number of ether oxygens (including phenoxy) is 1. The van der Waals surface area contributed by atoms with Gasteiger partial charge >= 0.3 is 0 Å². The lowest BCUT2D eigenvalue weighted by Gasteiger charge is -2.21. The minimum atomic E-state index is -3.44. The van der Waals surface area contributed by atoms with Gasteiger partial charge in [-0.05, 0) is 86.7 Å². The van der Waals surface area contributed by atoms with E-state index in [1.165, 1.54) is 21.5 Å². The molecule has 0 aliphatic rings. The third-order valence-electron chi connectivity index (χ3n) is 6.35. The molecule has 39 heavy (non-hydrogen) atoms. The Kier molecular flexibility index (Phi) is 15.0. The zero-order valence-corrected chi connectivity index (χ0v) is 24.3. The van der Waals surface area contributed by atoms with Crippen LogP contribution >= 0.6 is 0 Å². The normalized spacial score (nSPS) is 11.7. The van der Waals surface area contributed by atoms with Gasteiger partial charge < -0.3 is 15.8 Å². The molecular weight excluding hydrogens is 519 g/mol. The Labute approximate surface area is 233 Å². The summed E-state index contributed by atoms with van der Waals surface area (Å²) < 4.78 is 46.6. The van der Waals surface area contributed by atoms with Crippen LogP contribution in [-0.2, 0) is 34.2 Å². The molecule has 0 saturated heterocycles. The number of sulfonamides is 1. The molecule has 0 radical (unpaired) electrons. The van der Waals surface area contributed by atoms with Gasteiger partial charge in [-0.3, -0.25) is 9.78 Å². The van der Waals surface area contributed by atoms with Crippen LogP contribution in [0.2, 0.25) is 0 Å². The number of rotatable bonds is 21. The van der Waals surface area contributed by atoms with Crippen molar-refractivity contribution in [3.63, 3.8) is 0 Å². The van der Waals surface area contributed by atoms with Gasteiger partial charge in [0.1, 0.15) is 11.6 Å². The van der Waals surface area contributed by atoms with Crippen molar-refractivity contribution in [3.8, 4) is 5.75 Å². The van der Waals surface area contributed by atoms with E-state index in [4.69, 9.17) is 10.5 Å². The highest BCUT2D eigenvalue weighted by molar-refractivity contribution is 7.89. The van der Waals surface area contributed by atoms with Crippen LogP contribution in [0.1, 0.15) is 75.5 Å². The molecule has 1 amide bonds. The summed E-state index contributed by atoms with van der Waals surface area (Å²) >= 11 is 0. The highest BCUT2D eigenvalue weighted by Crippen LogP contribution is 2.19. The molecule has 0 saturated carbocycles. The molecule has 218 valence electrons. The summed E-state index contributed by atoms with van der Waals surface area (Å²) in [6.07, 6.45) is 9.70. The average Bonchev–Trinajstić information content (AvgIpc) is 2.89. The van der Waals surface area contributed by atoms with Crippen LogP contribution in [0.25, 0.3) is 0 Å². The van der Waals surface area contributed by atoms with Gasteiger partial charge in [0.25, 0.3) is 0 Å². The van der Waals surface area contributed by atoms with Crippen LogP contribution in [0, 0.1) is 5.82 Å². The fourth-order valence-electron chi connectivity index (χ4n) is 4.27. The number of benzene rings is 1. The molecule has 1 heterocycles. The van der Waals surface area contributed by atoms with E-state index in [0.29, 0.717) is 44.7 Å². The number of nitrogens with zero attached hydrogens (tertiary/aromatic N) is 2. The maximum absolute atomic E-state index is 14.2. The molecule has 0 bridgehead atoms. The summed E-state index contributed by atoms with van der Waals surface area (Å²) in [4.78, 5) is 15.2. The van der Waals surface area contributed by atoms with Crippen molar-refractivity contribution in [2.45, 2.75) is 78.2 Å². The third-order valence-corrected chi connectivity index (χ3v) is 8.31. The molecule has 1 aromatic heterocycles. The van der Waals surface area contributed by atoms with Gasteiger partial charge in [0, 0.05) is 44.5 Å². The van der Waals surface area contributed by atoms with Crippen LogP contribution in [0.15, 0.2) is 36.7 Å². The summed E-state index contributed by atoms with van der Waals surface area (Å²) in [5.41, 5.74) is 8.44. The molecule has 8 nitrogen and oxygen atoms in total. The molecule has 0 atom stereocenters. The fraction of sp³-hybridized carbons (Fsp3) is 0.586. The van der Waals surface area contributed by atoms with Crippen molar-refractivity contribution < 1.29 is 22.3 Å². The first-order valence-corrected chi connectivity index (χ1v) is 15.7. The zero-order valence-electron chi connectivity index (χ0n) is 23.5. The number of nitrogens with one attached hydrogen (secondary N) is 1. The second-order valence-corrected chi connectivity index (χ2v) is 11.9. The molecule has 0 fully saturated rings. The van der Waals surface area contributed by atoms with Crippen LogP contribution in [0.4, 0.5) is 4.39 Å². The molecule has 0 spiro atoms. The quantitative estimate of drug-likeness (QED) is 0.218. The number of amides is 1. The van der Waals surface area contributed by atoms with Crippen LogP contribution in [0.3, 0.4) is 0 Å². The van der Waals surface area contributed by atoms with E-state index in [2.05, 4.69) is 23.3 Å². The van der Waals surface area contributed by atoms with E-state index >= 15 is 0 Å². The molecular formula is C29H45FN4O4S. The Morgan fingerprint density at radius 2 is 1.79 bits per heavy atom. The molecule has 2 rings (SSSR count). The number of unbranched alkanes of at least 4 members (excludes halogenated alkanes) is 2. The minimum absolute atomic E-state index is 0.0611. The number of pyridine rings is 1. The minimum Gasteiger partial charge on any atom is -0.493 e. The monoisotopic (exact) mass is 564 g/mol. The van der Waals surface area contributed by atoms with Crippen LogP contribution in [0.5, 0.6) is 5.75 Å². The summed E-state index contributed by atoms with van der Waals surface area (Å²) in [6.45, 7) is 6.92. The van der Waals surface area contributed by atoms with E-state index in [9.17, 15) is 17.6 Å². The van der Waals surface area contributed by atoms with Gasteiger partial charge in [0.05, 0.1) is 12.4 Å². The van der Waals surface area contributed by atoms with Crippen molar-refractivity contribution in [1.82, 2.24) is 14.6 Å². The van der Waals surface area contributed by atoms with Gasteiger partial charge in [-0.2, -0.15) is 0 Å². The Morgan fingerprint density at radius 1 is 1.00 bits per heavy atom. The van der Waals surface area contributed by atoms with Crippen molar-refractivity contribution in [1.29, 1.82) is 0 Å². The molecule has 10 heteroatoms. The van der Waals surface area contributed by atoms with Gasteiger partial charge in [-0.15, -0.1) is 0 Å². The SMILES string of the molecule is CCCN(CCCCOc1cc(F)cc(CCCCNCc2cncc(CC)c2)c1)S(=O)(=O)CCCC(N)=O. The van der Waals surface area contributed by atoms with Gasteiger partial charge in [-0.25, -0.2) is 17.1 Å². The van der Waals surface area contributed by atoms with E-state index in [1.807, 2.05) is 25.4 Å². The number of nitrogens with two attached hydrogens (primary N) is 1. The molecule has 0 aliphatic carbocycles. The first-order chi connectivity index (χ1) is 18.7. The van der Waals surface area contributed by atoms with Gasteiger partial charge in [0.2, 0.25) is 15.9 Å². The van der Waals surface area contributed by atoms with E-state index in [0.717, 1.165) is 44.3 Å². The van der Waals surface area contributed by atoms with Gasteiger partial charge in [0.15, 0.2) is 0 Å². The maximum atomic E-state index is 14.2. The maximum Gasteiger partial charge on any atom is 0.217 e. The Hall–Kier alpha value is -2.56. The second-order valence-electron chi connectivity index (χ2n) is 9.82. The smallest absolute Gasteiger partial charge is 0.217 e. The largest absolute Gasteiger partial charge is 0.493 e. The van der Waals surface area contributed by atoms with Crippen LogP contribution in [-0.4, -0.2) is 55.6 Å². The number of hydrogen-bond acceptors (Lipinski definition) is 6. The lowest BCUT2D eigenvalue weighted by atomic mass is 10.1. The van der Waals surface area contributed by atoms with Crippen molar-refractivity contribution in [2.75, 3.05) is 32.0 Å². The Balaban J connectivity index is 1.69. The first-order valence-electron chi connectivity index (χ1n) is 14.1. The summed E-state index contributed by atoms with van der Waals surface area (Å²) in [6, 6.07) is 6.99. The van der Waals surface area contributed by atoms with E-state index < -0.39 is 15.9 Å². The van der Waals surface area contributed by atoms with Crippen LogP contribution < -0.4 is 15.8 Å². The lowest BCUT2D eigenvalue weighted by Crippen LogP contribution is -2.35. The number of halogens is 1. The summed E-state index contributed by atoms with van der Waals surface area (Å²) in [5.74, 6) is -0.404. The Morgan fingerprint density at radius 3 is 2.54 bits per heavy atom. The van der Waals surface area contributed by atoms with E-state index in [1.54, 1.807) is 6.07 Å². The second kappa shape index (κ2) is 17.9. The van der Waals surface area contributed by atoms with Crippen molar-refractivity contribution >= 4 is 15.9 Å². The molecule has 0 aliphatic heterocycles. The molecule has 0 unspecified atom stereocenters. The highest BCUT2D eigenvalue weighted by atomic mass is 32.2.